The van der Waals surface area contributed by atoms with Crippen molar-refractivity contribution in [3.63, 3.8) is 0 Å². The van der Waals surface area contributed by atoms with Crippen LogP contribution in [0.5, 0.6) is 0 Å². The normalized spacial score (nSPS) is 16.3. The first-order valence-electron chi connectivity index (χ1n) is 8.42. The van der Waals surface area contributed by atoms with E-state index in [1.54, 1.807) is 6.07 Å². The zero-order valence-electron chi connectivity index (χ0n) is 14.8. The molecule has 0 bridgehead atoms. The lowest BCUT2D eigenvalue weighted by Gasteiger charge is -2.38. The van der Waals surface area contributed by atoms with Crippen LogP contribution in [-0.4, -0.2) is 55.0 Å². The Kier molecular flexibility index (Phi) is 5.96. The number of rotatable bonds is 4. The zero-order valence-corrected chi connectivity index (χ0v) is 16.3. The van der Waals surface area contributed by atoms with Gasteiger partial charge in [0, 0.05) is 31.2 Å². The van der Waals surface area contributed by atoms with E-state index < -0.39 is 6.04 Å². The van der Waals surface area contributed by atoms with E-state index in [1.807, 2.05) is 46.4 Å². The summed E-state index contributed by atoms with van der Waals surface area (Å²) in [5.74, 6) is -0.281. The van der Waals surface area contributed by atoms with Gasteiger partial charge in [-0.25, -0.2) is 4.79 Å². The Balaban J connectivity index is 1.74. The van der Waals surface area contributed by atoms with Crippen molar-refractivity contribution in [3.8, 4) is 0 Å². The molecular weight excluding hydrogens is 372 g/mol. The van der Waals surface area contributed by atoms with Crippen molar-refractivity contribution < 1.29 is 14.3 Å². The number of halogens is 1. The molecule has 1 aromatic heterocycles. The number of hydrogen-bond donors (Lipinski definition) is 0. The minimum Gasteiger partial charge on any atom is -0.468 e. The highest BCUT2D eigenvalue weighted by molar-refractivity contribution is 7.12. The smallest absolute Gasteiger partial charge is 0.327 e. The molecule has 1 saturated heterocycles. The third-order valence-corrected chi connectivity index (χ3v) is 6.00. The largest absolute Gasteiger partial charge is 0.468 e. The average Bonchev–Trinajstić information content (AvgIpc) is 3.09. The van der Waals surface area contributed by atoms with E-state index in [9.17, 15) is 9.59 Å². The van der Waals surface area contributed by atoms with Crippen molar-refractivity contribution in [2.24, 2.45) is 0 Å². The van der Waals surface area contributed by atoms with E-state index in [0.717, 1.165) is 16.0 Å². The second kappa shape index (κ2) is 8.20. The number of nitrogens with zero attached hydrogens (tertiary/aromatic N) is 2. The Labute approximate surface area is 162 Å². The Bertz CT molecular complexity index is 800. The van der Waals surface area contributed by atoms with Crippen molar-refractivity contribution in [1.29, 1.82) is 0 Å². The number of hydrogen-bond acceptors (Lipinski definition) is 5. The van der Waals surface area contributed by atoms with E-state index in [-0.39, 0.29) is 11.9 Å². The summed E-state index contributed by atoms with van der Waals surface area (Å²) in [5.41, 5.74) is 1.74. The van der Waals surface area contributed by atoms with Crippen LogP contribution in [0, 0.1) is 6.92 Å². The molecule has 3 rings (SSSR count). The average molecular weight is 393 g/mol. The topological polar surface area (TPSA) is 49.9 Å². The molecule has 138 valence electrons. The van der Waals surface area contributed by atoms with E-state index in [4.69, 9.17) is 16.3 Å². The van der Waals surface area contributed by atoms with Gasteiger partial charge < -0.3 is 9.64 Å². The molecule has 1 unspecified atom stereocenters. The van der Waals surface area contributed by atoms with Gasteiger partial charge >= 0.3 is 5.97 Å². The molecule has 1 aliphatic heterocycles. The standard InChI is InChI=1S/C19H21ClN2O3S/c1-13-7-12-26-17(13)18(23)22-10-8-21(9-11-22)16(19(24)25-2)14-5-3-4-6-15(14)20/h3-7,12,16H,8-11H2,1-2H3. The fraction of sp³-hybridized carbons (Fsp3) is 0.368. The summed E-state index contributed by atoms with van der Waals surface area (Å²) in [4.78, 5) is 29.7. The Hall–Kier alpha value is -1.89. The Morgan fingerprint density at radius 3 is 2.42 bits per heavy atom. The predicted octanol–water partition coefficient (Wildman–Crippen LogP) is 3.38. The maximum atomic E-state index is 12.7. The van der Waals surface area contributed by atoms with E-state index in [0.29, 0.717) is 31.2 Å². The Morgan fingerprint density at radius 2 is 1.85 bits per heavy atom. The molecule has 2 heterocycles. The summed E-state index contributed by atoms with van der Waals surface area (Å²) in [5, 5.41) is 2.47. The van der Waals surface area contributed by atoms with Crippen LogP contribution in [0.25, 0.3) is 0 Å². The highest BCUT2D eigenvalue weighted by atomic mass is 35.5. The zero-order chi connectivity index (χ0) is 18.7. The van der Waals surface area contributed by atoms with Gasteiger partial charge in [-0.05, 0) is 35.6 Å². The number of ether oxygens (including phenoxy) is 1. The molecule has 2 aromatic rings. The van der Waals surface area contributed by atoms with Gasteiger partial charge in [0.05, 0.1) is 12.0 Å². The third-order valence-electron chi connectivity index (χ3n) is 4.65. The van der Waals surface area contributed by atoms with Crippen LogP contribution >= 0.6 is 22.9 Å². The van der Waals surface area contributed by atoms with E-state index in [2.05, 4.69) is 0 Å². The summed E-state index contributed by atoms with van der Waals surface area (Å²) >= 11 is 7.78. The second-order valence-electron chi connectivity index (χ2n) is 6.21. The molecule has 26 heavy (non-hydrogen) atoms. The van der Waals surface area contributed by atoms with Gasteiger partial charge in [-0.15, -0.1) is 11.3 Å². The van der Waals surface area contributed by atoms with Crippen LogP contribution in [0.1, 0.15) is 26.8 Å². The van der Waals surface area contributed by atoms with Gasteiger partial charge in [0.25, 0.3) is 5.91 Å². The van der Waals surface area contributed by atoms with Gasteiger partial charge in [0.2, 0.25) is 0 Å². The molecule has 1 aliphatic rings. The van der Waals surface area contributed by atoms with Crippen LogP contribution in [0.15, 0.2) is 35.7 Å². The lowest BCUT2D eigenvalue weighted by atomic mass is 10.0. The summed E-state index contributed by atoms with van der Waals surface area (Å²) in [7, 11) is 1.38. The number of carbonyl (C=O) groups excluding carboxylic acids is 2. The maximum Gasteiger partial charge on any atom is 0.327 e. The van der Waals surface area contributed by atoms with Crippen molar-refractivity contribution in [2.45, 2.75) is 13.0 Å². The summed E-state index contributed by atoms with van der Waals surface area (Å²) in [6.07, 6.45) is 0. The monoisotopic (exact) mass is 392 g/mol. The van der Waals surface area contributed by atoms with Crippen LogP contribution in [-0.2, 0) is 9.53 Å². The minimum atomic E-state index is -0.561. The quantitative estimate of drug-likeness (QED) is 0.748. The molecule has 0 N–H and O–H groups in total. The molecule has 7 heteroatoms. The molecule has 0 aliphatic carbocycles. The number of aryl methyl sites for hydroxylation is 1. The van der Waals surface area contributed by atoms with Crippen LogP contribution in [0.4, 0.5) is 0 Å². The first kappa shape index (κ1) is 18.9. The highest BCUT2D eigenvalue weighted by Gasteiger charge is 2.34. The van der Waals surface area contributed by atoms with Crippen molar-refractivity contribution in [1.82, 2.24) is 9.80 Å². The first-order valence-corrected chi connectivity index (χ1v) is 9.68. The number of amides is 1. The fourth-order valence-electron chi connectivity index (χ4n) is 3.20. The van der Waals surface area contributed by atoms with Gasteiger partial charge in [0.1, 0.15) is 6.04 Å². The number of piperazine rings is 1. The first-order chi connectivity index (χ1) is 12.5. The van der Waals surface area contributed by atoms with Crippen molar-refractivity contribution in [2.75, 3.05) is 33.3 Å². The maximum absolute atomic E-state index is 12.7. The van der Waals surface area contributed by atoms with E-state index in [1.165, 1.54) is 18.4 Å². The second-order valence-corrected chi connectivity index (χ2v) is 7.53. The molecule has 1 amide bonds. The molecule has 1 atom stereocenters. The fourth-order valence-corrected chi connectivity index (χ4v) is 4.33. The number of carbonyl (C=O) groups is 2. The van der Waals surface area contributed by atoms with Crippen molar-refractivity contribution in [3.05, 3.63) is 56.7 Å². The SMILES string of the molecule is COC(=O)C(c1ccccc1Cl)N1CCN(C(=O)c2sccc2C)CC1. The lowest BCUT2D eigenvalue weighted by molar-refractivity contribution is -0.148. The molecular formula is C19H21ClN2O3S. The number of benzene rings is 1. The van der Waals surface area contributed by atoms with E-state index >= 15 is 0 Å². The lowest BCUT2D eigenvalue weighted by Crippen LogP contribution is -2.51. The van der Waals surface area contributed by atoms with Crippen LogP contribution in [0.3, 0.4) is 0 Å². The van der Waals surface area contributed by atoms with Gasteiger partial charge in [0.15, 0.2) is 0 Å². The third kappa shape index (κ3) is 3.77. The van der Waals surface area contributed by atoms with Crippen LogP contribution < -0.4 is 0 Å². The molecule has 5 nitrogen and oxygen atoms in total. The highest BCUT2D eigenvalue weighted by Crippen LogP contribution is 2.30. The van der Waals surface area contributed by atoms with Crippen molar-refractivity contribution >= 4 is 34.8 Å². The minimum absolute atomic E-state index is 0.0597. The molecule has 1 aromatic carbocycles. The predicted molar refractivity (Wildman–Crippen MR) is 103 cm³/mol. The summed E-state index contributed by atoms with van der Waals surface area (Å²) in [6, 6.07) is 8.70. The molecule has 0 spiro atoms. The molecule has 0 saturated carbocycles. The number of thiophene rings is 1. The molecule has 1 fully saturated rings. The van der Waals surface area contributed by atoms with Gasteiger partial charge in [-0.1, -0.05) is 29.8 Å². The van der Waals surface area contributed by atoms with Gasteiger partial charge in [-0.2, -0.15) is 0 Å². The number of methoxy groups -OCH3 is 1. The van der Waals surface area contributed by atoms with Crippen LogP contribution in [0.2, 0.25) is 5.02 Å². The molecule has 0 radical (unpaired) electrons. The summed E-state index contributed by atoms with van der Waals surface area (Å²) in [6.45, 7) is 4.25. The number of esters is 1. The van der Waals surface area contributed by atoms with Gasteiger partial charge in [-0.3, -0.25) is 9.69 Å². The summed E-state index contributed by atoms with van der Waals surface area (Å²) < 4.78 is 5.01. The Morgan fingerprint density at radius 1 is 1.15 bits per heavy atom.